The van der Waals surface area contributed by atoms with Gasteiger partial charge in [0.2, 0.25) is 0 Å². The summed E-state index contributed by atoms with van der Waals surface area (Å²) in [7, 11) is 0. The van der Waals surface area contributed by atoms with Crippen LogP contribution in [0.15, 0.2) is 18.2 Å². The molecule has 1 aromatic carbocycles. The second-order valence-corrected chi connectivity index (χ2v) is 4.57. The van der Waals surface area contributed by atoms with E-state index < -0.39 is 0 Å². The summed E-state index contributed by atoms with van der Waals surface area (Å²) in [6.07, 6.45) is 2.05. The lowest BCUT2D eigenvalue weighted by Gasteiger charge is -2.05. The fourth-order valence-electron chi connectivity index (χ4n) is 1.92. The molecule has 0 heterocycles. The van der Waals surface area contributed by atoms with Gasteiger partial charge in [-0.05, 0) is 25.8 Å². The van der Waals surface area contributed by atoms with Crippen molar-refractivity contribution in [2.45, 2.75) is 40.0 Å². The third-order valence-corrected chi connectivity index (χ3v) is 2.56. The van der Waals surface area contributed by atoms with Gasteiger partial charge in [0.15, 0.2) is 0 Å². The first kappa shape index (κ1) is 13.9. The molecule has 0 radical (unpaired) electrons. The Morgan fingerprint density at radius 3 is 2.35 bits per heavy atom. The minimum Gasteiger partial charge on any atom is -0.381 e. The lowest BCUT2D eigenvalue weighted by molar-refractivity contribution is -0.119. The minimum absolute atomic E-state index is 0.256. The molecule has 0 aliphatic rings. The largest absolute Gasteiger partial charge is 0.381 e. The fraction of sp³-hybridized carbons (Fsp3) is 0.533. The van der Waals surface area contributed by atoms with Gasteiger partial charge in [0, 0.05) is 19.4 Å². The molecule has 1 aromatic rings. The number of carbonyl (C=O) groups is 1. The molecule has 2 heteroatoms. The summed E-state index contributed by atoms with van der Waals surface area (Å²) in [6, 6.07) is 6.29. The summed E-state index contributed by atoms with van der Waals surface area (Å²) in [5, 5.41) is 0. The summed E-state index contributed by atoms with van der Waals surface area (Å²) in [5.74, 6) is 0.256. The molecule has 0 saturated heterocycles. The molecule has 0 fully saturated rings. The van der Waals surface area contributed by atoms with E-state index in [1.54, 1.807) is 0 Å². The van der Waals surface area contributed by atoms with Crippen LogP contribution in [0.4, 0.5) is 0 Å². The standard InChI is InChI=1S/C15H22O2/c1-4-6-17-7-5-15(16)11-14-9-12(2)8-13(3)10-14/h8-10H,4-7,11H2,1-3H3. The molecule has 94 valence electrons. The van der Waals surface area contributed by atoms with E-state index in [0.717, 1.165) is 18.6 Å². The molecule has 0 spiro atoms. The van der Waals surface area contributed by atoms with Crippen LogP contribution in [0.5, 0.6) is 0 Å². The molecule has 0 aromatic heterocycles. The van der Waals surface area contributed by atoms with Crippen molar-refractivity contribution in [2.75, 3.05) is 13.2 Å². The number of ether oxygens (including phenoxy) is 1. The van der Waals surface area contributed by atoms with Crippen molar-refractivity contribution in [3.05, 3.63) is 34.9 Å². The minimum atomic E-state index is 0.256. The zero-order valence-corrected chi connectivity index (χ0v) is 11.1. The van der Waals surface area contributed by atoms with Crippen molar-refractivity contribution in [3.63, 3.8) is 0 Å². The molecular formula is C15H22O2. The molecule has 0 bridgehead atoms. The molecule has 0 aliphatic carbocycles. The van der Waals surface area contributed by atoms with Crippen LogP contribution in [0.3, 0.4) is 0 Å². The van der Waals surface area contributed by atoms with Crippen molar-refractivity contribution in [3.8, 4) is 0 Å². The molecule has 0 atom stereocenters. The Bertz CT molecular complexity index is 349. The van der Waals surface area contributed by atoms with Crippen LogP contribution >= 0.6 is 0 Å². The second kappa shape index (κ2) is 7.23. The summed E-state index contributed by atoms with van der Waals surface area (Å²) in [6.45, 7) is 7.49. The van der Waals surface area contributed by atoms with Crippen LogP contribution in [-0.4, -0.2) is 19.0 Å². The van der Waals surface area contributed by atoms with Gasteiger partial charge < -0.3 is 4.74 Å². The van der Waals surface area contributed by atoms with Gasteiger partial charge in [-0.1, -0.05) is 36.2 Å². The quantitative estimate of drug-likeness (QED) is 0.677. The second-order valence-electron chi connectivity index (χ2n) is 4.57. The molecule has 17 heavy (non-hydrogen) atoms. The third kappa shape index (κ3) is 5.64. The molecular weight excluding hydrogens is 212 g/mol. The van der Waals surface area contributed by atoms with E-state index in [2.05, 4.69) is 39.0 Å². The average molecular weight is 234 g/mol. The van der Waals surface area contributed by atoms with Crippen molar-refractivity contribution in [2.24, 2.45) is 0 Å². The highest BCUT2D eigenvalue weighted by atomic mass is 16.5. The van der Waals surface area contributed by atoms with Gasteiger partial charge in [0.1, 0.15) is 5.78 Å². The number of ketones is 1. The lowest BCUT2D eigenvalue weighted by atomic mass is 10.0. The third-order valence-electron chi connectivity index (χ3n) is 2.56. The van der Waals surface area contributed by atoms with E-state index in [9.17, 15) is 4.79 Å². The van der Waals surface area contributed by atoms with Crippen LogP contribution in [0, 0.1) is 13.8 Å². The molecule has 1 rings (SSSR count). The van der Waals surface area contributed by atoms with E-state index in [1.165, 1.54) is 11.1 Å². The van der Waals surface area contributed by atoms with Crippen LogP contribution < -0.4 is 0 Å². The maximum absolute atomic E-state index is 11.7. The van der Waals surface area contributed by atoms with Crippen LogP contribution in [0.25, 0.3) is 0 Å². The van der Waals surface area contributed by atoms with Crippen LogP contribution in [0.2, 0.25) is 0 Å². The monoisotopic (exact) mass is 234 g/mol. The summed E-state index contributed by atoms with van der Waals surface area (Å²) in [5.41, 5.74) is 3.55. The zero-order valence-electron chi connectivity index (χ0n) is 11.1. The van der Waals surface area contributed by atoms with Crippen molar-refractivity contribution >= 4 is 5.78 Å². The summed E-state index contributed by atoms with van der Waals surface area (Å²) in [4.78, 5) is 11.7. The van der Waals surface area contributed by atoms with Gasteiger partial charge in [-0.3, -0.25) is 4.79 Å². The van der Waals surface area contributed by atoms with Gasteiger partial charge in [-0.15, -0.1) is 0 Å². The van der Waals surface area contributed by atoms with Crippen molar-refractivity contribution < 1.29 is 9.53 Å². The molecule has 2 nitrogen and oxygen atoms in total. The van der Waals surface area contributed by atoms with E-state index in [-0.39, 0.29) is 5.78 Å². The number of aryl methyl sites for hydroxylation is 2. The molecule has 0 saturated carbocycles. The predicted octanol–water partition coefficient (Wildman–Crippen LogP) is 3.23. The first-order valence-corrected chi connectivity index (χ1v) is 6.28. The van der Waals surface area contributed by atoms with E-state index >= 15 is 0 Å². The van der Waals surface area contributed by atoms with Gasteiger partial charge >= 0.3 is 0 Å². The van der Waals surface area contributed by atoms with E-state index in [4.69, 9.17) is 4.74 Å². The Balaban J connectivity index is 2.39. The average Bonchev–Trinajstić information content (AvgIpc) is 2.23. The Labute approximate surface area is 104 Å². The van der Waals surface area contributed by atoms with E-state index in [1.807, 2.05) is 0 Å². The number of hydrogen-bond donors (Lipinski definition) is 0. The van der Waals surface area contributed by atoms with Crippen molar-refractivity contribution in [1.82, 2.24) is 0 Å². The topological polar surface area (TPSA) is 26.3 Å². The predicted molar refractivity (Wildman–Crippen MR) is 70.4 cm³/mol. The van der Waals surface area contributed by atoms with Gasteiger partial charge in [0.05, 0.1) is 6.61 Å². The Morgan fingerprint density at radius 2 is 1.76 bits per heavy atom. The maximum Gasteiger partial charge on any atom is 0.139 e. The highest BCUT2D eigenvalue weighted by molar-refractivity contribution is 5.81. The summed E-state index contributed by atoms with van der Waals surface area (Å²) >= 11 is 0. The van der Waals surface area contributed by atoms with Gasteiger partial charge in [-0.2, -0.15) is 0 Å². The molecule has 0 N–H and O–H groups in total. The fourth-order valence-corrected chi connectivity index (χ4v) is 1.92. The Kier molecular flexibility index (Phi) is 5.92. The van der Waals surface area contributed by atoms with Crippen LogP contribution in [0.1, 0.15) is 36.5 Å². The first-order valence-electron chi connectivity index (χ1n) is 6.28. The molecule has 0 unspecified atom stereocenters. The number of Topliss-reactive ketones (excluding diaryl/α,β-unsaturated/α-hetero) is 1. The van der Waals surface area contributed by atoms with Gasteiger partial charge in [-0.25, -0.2) is 0 Å². The smallest absolute Gasteiger partial charge is 0.139 e. The SMILES string of the molecule is CCCOCCC(=O)Cc1cc(C)cc(C)c1. The highest BCUT2D eigenvalue weighted by Gasteiger charge is 2.04. The summed E-state index contributed by atoms with van der Waals surface area (Å²) < 4.78 is 5.32. The Hall–Kier alpha value is -1.15. The number of benzene rings is 1. The zero-order chi connectivity index (χ0) is 12.7. The Morgan fingerprint density at radius 1 is 1.12 bits per heavy atom. The number of carbonyl (C=O) groups excluding carboxylic acids is 1. The first-order chi connectivity index (χ1) is 8.11. The maximum atomic E-state index is 11.7. The van der Waals surface area contributed by atoms with E-state index in [0.29, 0.717) is 19.4 Å². The molecule has 0 aliphatic heterocycles. The van der Waals surface area contributed by atoms with Crippen molar-refractivity contribution in [1.29, 1.82) is 0 Å². The normalized spacial score (nSPS) is 10.5. The molecule has 0 amide bonds. The van der Waals surface area contributed by atoms with Crippen LogP contribution in [-0.2, 0) is 16.0 Å². The van der Waals surface area contributed by atoms with Gasteiger partial charge in [0.25, 0.3) is 0 Å². The number of rotatable bonds is 7. The number of hydrogen-bond acceptors (Lipinski definition) is 2. The lowest BCUT2D eigenvalue weighted by Crippen LogP contribution is -2.08. The highest BCUT2D eigenvalue weighted by Crippen LogP contribution is 2.10.